The first kappa shape index (κ1) is 29.7. The Morgan fingerprint density at radius 2 is 1.98 bits per heavy atom. The number of nitrogens with one attached hydrogen (secondary N) is 1. The van der Waals surface area contributed by atoms with Crippen LogP contribution in [0.1, 0.15) is 43.0 Å². The second-order valence-corrected chi connectivity index (χ2v) is 10.1. The Hall–Kier alpha value is -4.26. The molecule has 41 heavy (non-hydrogen) atoms. The number of carboxylic acids is 1. The molecule has 2 aromatic heterocycles. The molecule has 2 fully saturated rings. The molecule has 220 valence electrons. The van der Waals surface area contributed by atoms with Gasteiger partial charge >= 0.3 is 5.97 Å². The molecular weight excluding hydrogens is 530 g/mol. The molecule has 13 heteroatoms. The van der Waals surface area contributed by atoms with Crippen molar-refractivity contribution in [3.8, 4) is 5.88 Å². The van der Waals surface area contributed by atoms with Gasteiger partial charge in [-0.15, -0.1) is 0 Å². The van der Waals surface area contributed by atoms with Gasteiger partial charge in [-0.25, -0.2) is 14.8 Å². The van der Waals surface area contributed by atoms with Crippen molar-refractivity contribution in [3.05, 3.63) is 35.9 Å². The van der Waals surface area contributed by atoms with Gasteiger partial charge in [-0.1, -0.05) is 0 Å². The summed E-state index contributed by atoms with van der Waals surface area (Å²) in [4.78, 5) is 44.3. The van der Waals surface area contributed by atoms with Gasteiger partial charge in [0.05, 0.1) is 35.9 Å². The lowest BCUT2D eigenvalue weighted by Crippen LogP contribution is -2.39. The van der Waals surface area contributed by atoms with Crippen LogP contribution in [0, 0.1) is 0 Å². The number of guanidine groups is 1. The normalized spacial score (nSPS) is 19.9. The fourth-order valence-corrected chi connectivity index (χ4v) is 4.52. The highest BCUT2D eigenvalue weighted by molar-refractivity contribution is 5.94. The number of anilines is 1. The number of ether oxygens (including phenoxy) is 3. The third-order valence-electron chi connectivity index (χ3n) is 6.94. The smallest absolute Gasteiger partial charge is 0.337 e. The maximum Gasteiger partial charge on any atom is 0.337 e. The van der Waals surface area contributed by atoms with Crippen molar-refractivity contribution in [1.82, 2.24) is 20.2 Å². The first-order valence-corrected chi connectivity index (χ1v) is 13.6. The van der Waals surface area contributed by atoms with Crippen LogP contribution in [0.25, 0.3) is 10.9 Å². The van der Waals surface area contributed by atoms with E-state index in [2.05, 4.69) is 31.9 Å². The van der Waals surface area contributed by atoms with Gasteiger partial charge in [0, 0.05) is 45.5 Å². The average molecular weight is 568 g/mol. The van der Waals surface area contributed by atoms with Crippen LogP contribution in [0.5, 0.6) is 5.88 Å². The van der Waals surface area contributed by atoms with Crippen molar-refractivity contribution in [3.63, 3.8) is 0 Å². The Balaban J connectivity index is 1.40. The largest absolute Gasteiger partial charge is 0.487 e. The number of aromatic nitrogens is 2. The third kappa shape index (κ3) is 8.13. The number of likely N-dealkylation sites (N-methyl/N-ethyl adjacent to an activating group) is 1. The summed E-state index contributed by atoms with van der Waals surface area (Å²) >= 11 is 0. The molecule has 0 spiro atoms. The number of hydrogen-bond donors (Lipinski definition) is 2. The molecule has 2 aliphatic rings. The van der Waals surface area contributed by atoms with Crippen molar-refractivity contribution in [2.24, 2.45) is 9.98 Å². The average Bonchev–Trinajstić information content (AvgIpc) is 2.98. The highest BCUT2D eigenvalue weighted by Crippen LogP contribution is 2.31. The highest BCUT2D eigenvalue weighted by Gasteiger charge is 2.25. The summed E-state index contributed by atoms with van der Waals surface area (Å²) in [5.41, 5.74) is 0.715. The number of pyridine rings is 2. The number of fused-ring (bicyclic) bond motifs is 1. The van der Waals surface area contributed by atoms with Crippen LogP contribution in [0.3, 0.4) is 0 Å². The van der Waals surface area contributed by atoms with Gasteiger partial charge in [0.25, 0.3) is 5.91 Å². The molecule has 3 heterocycles. The van der Waals surface area contributed by atoms with Gasteiger partial charge in [-0.3, -0.25) is 9.78 Å². The zero-order chi connectivity index (χ0) is 29.4. The number of carboxylic acid groups (broad SMARTS) is 1. The highest BCUT2D eigenvalue weighted by atomic mass is 16.5. The molecule has 2 aromatic rings. The molecule has 0 bridgehead atoms. The van der Waals surface area contributed by atoms with Crippen LogP contribution in [0.15, 0.2) is 40.3 Å². The van der Waals surface area contributed by atoms with E-state index in [0.29, 0.717) is 54.8 Å². The van der Waals surface area contributed by atoms with Crippen molar-refractivity contribution in [1.29, 1.82) is 0 Å². The molecule has 1 amide bonds. The fraction of sp³-hybridized carbons (Fsp3) is 0.500. The number of amides is 1. The van der Waals surface area contributed by atoms with Crippen LogP contribution in [0.4, 0.5) is 5.82 Å². The van der Waals surface area contributed by atoms with Crippen LogP contribution in [0.2, 0.25) is 0 Å². The first-order valence-electron chi connectivity index (χ1n) is 13.6. The van der Waals surface area contributed by atoms with Gasteiger partial charge < -0.3 is 34.4 Å². The number of morpholine rings is 1. The van der Waals surface area contributed by atoms with Crippen LogP contribution in [-0.2, 0) is 14.3 Å². The minimum Gasteiger partial charge on any atom is -0.487 e. The summed E-state index contributed by atoms with van der Waals surface area (Å²) in [5.74, 6) is 0.781. The van der Waals surface area contributed by atoms with E-state index in [-0.39, 0.29) is 30.2 Å². The minimum absolute atomic E-state index is 0.0632. The fourth-order valence-electron chi connectivity index (χ4n) is 4.52. The molecule has 0 radical (unpaired) electrons. The molecule has 1 aliphatic carbocycles. The summed E-state index contributed by atoms with van der Waals surface area (Å²) in [7, 11) is 3.33. The quantitative estimate of drug-likeness (QED) is 0.263. The molecule has 0 atom stereocenters. The van der Waals surface area contributed by atoms with Crippen LogP contribution >= 0.6 is 0 Å². The van der Waals surface area contributed by atoms with Crippen molar-refractivity contribution in [2.75, 3.05) is 51.9 Å². The Kier molecular flexibility index (Phi) is 10.1. The summed E-state index contributed by atoms with van der Waals surface area (Å²) in [5, 5.41) is 13.4. The van der Waals surface area contributed by atoms with Gasteiger partial charge in [0.15, 0.2) is 6.61 Å². The summed E-state index contributed by atoms with van der Waals surface area (Å²) in [6.07, 6.45) is 5.87. The van der Waals surface area contributed by atoms with E-state index in [9.17, 15) is 14.7 Å². The number of rotatable bonds is 9. The SMILES string of the molecule is C=N/C(=N\C=C(/C)OCC(=O)N(C)C)N[C@H]1CC[C@@H](Oc2nc(N3CCOCC3)cc3ncc(C(=O)O)cc23)CC1. The molecule has 0 aromatic carbocycles. The molecular formula is C28H37N7O6. The van der Waals surface area contributed by atoms with Crippen LogP contribution in [-0.4, -0.2) is 104 Å². The molecule has 13 nitrogen and oxygen atoms in total. The molecule has 0 unspecified atom stereocenters. The number of hydrogen-bond acceptors (Lipinski definition) is 9. The Bertz CT molecular complexity index is 1310. The van der Waals surface area contributed by atoms with E-state index in [1.54, 1.807) is 27.1 Å². The second-order valence-electron chi connectivity index (χ2n) is 10.1. The monoisotopic (exact) mass is 567 g/mol. The maximum atomic E-state index is 11.7. The Morgan fingerprint density at radius 3 is 2.63 bits per heavy atom. The Morgan fingerprint density at radius 1 is 1.24 bits per heavy atom. The second kappa shape index (κ2) is 13.9. The predicted molar refractivity (Wildman–Crippen MR) is 155 cm³/mol. The van der Waals surface area contributed by atoms with E-state index >= 15 is 0 Å². The van der Waals surface area contributed by atoms with E-state index < -0.39 is 5.97 Å². The number of carbonyl (C=O) groups excluding carboxylic acids is 1. The lowest BCUT2D eigenvalue weighted by molar-refractivity contribution is -0.132. The van der Waals surface area contributed by atoms with Gasteiger partial charge in [0.2, 0.25) is 11.8 Å². The lowest BCUT2D eigenvalue weighted by atomic mass is 9.93. The zero-order valence-corrected chi connectivity index (χ0v) is 23.7. The zero-order valence-electron chi connectivity index (χ0n) is 23.7. The van der Waals surface area contributed by atoms with E-state index in [0.717, 1.165) is 31.5 Å². The van der Waals surface area contributed by atoms with Crippen molar-refractivity contribution < 1.29 is 28.9 Å². The van der Waals surface area contributed by atoms with Gasteiger partial charge in [0.1, 0.15) is 17.7 Å². The number of nitrogens with zero attached hydrogens (tertiary/aromatic N) is 6. The predicted octanol–water partition coefficient (Wildman–Crippen LogP) is 2.47. The molecule has 1 saturated carbocycles. The number of aromatic carboxylic acids is 1. The van der Waals surface area contributed by atoms with E-state index in [1.165, 1.54) is 17.3 Å². The third-order valence-corrected chi connectivity index (χ3v) is 6.94. The van der Waals surface area contributed by atoms with Gasteiger partial charge in [-0.2, -0.15) is 4.98 Å². The topological polar surface area (TPSA) is 151 Å². The van der Waals surface area contributed by atoms with Crippen LogP contribution < -0.4 is 15.0 Å². The minimum atomic E-state index is -1.05. The summed E-state index contributed by atoms with van der Waals surface area (Å²) < 4.78 is 17.3. The van der Waals surface area contributed by atoms with E-state index in [1.807, 2.05) is 6.07 Å². The summed E-state index contributed by atoms with van der Waals surface area (Å²) in [6, 6.07) is 3.55. The molecule has 1 aliphatic heterocycles. The number of allylic oxidation sites excluding steroid dienone is 1. The maximum absolute atomic E-state index is 11.7. The molecule has 4 rings (SSSR count). The van der Waals surface area contributed by atoms with Gasteiger partial charge in [-0.05, 0) is 45.4 Å². The molecule has 1 saturated heterocycles. The first-order chi connectivity index (χ1) is 19.7. The molecule has 2 N–H and O–H groups in total. The lowest BCUT2D eigenvalue weighted by Gasteiger charge is -2.31. The van der Waals surface area contributed by atoms with Crippen molar-refractivity contribution in [2.45, 2.75) is 44.8 Å². The van der Waals surface area contributed by atoms with E-state index in [4.69, 9.17) is 19.2 Å². The standard InChI is InChI=1S/C28H37N7O6/c1-18(40-17-25(36)34(3)4)15-31-28(29-2)32-20-5-7-21(8-6-20)41-26-22-13-19(27(37)38)16-30-23(22)14-24(33-26)35-9-11-39-12-10-35/h13-16,20-21H,2,5-12,17H2,1,3-4H3,(H,31,32)(H,37,38)/b18-15+/t20-,21+. The number of aliphatic imine (C=N–C) groups is 2. The van der Waals surface area contributed by atoms with Crippen molar-refractivity contribution >= 4 is 41.3 Å². The number of carbonyl (C=O) groups is 2. The summed E-state index contributed by atoms with van der Waals surface area (Å²) in [6.45, 7) is 7.90. The Labute approximate surface area is 238 Å².